The molecule has 0 radical (unpaired) electrons. The van der Waals surface area contributed by atoms with E-state index >= 15 is 0 Å². The lowest BCUT2D eigenvalue weighted by molar-refractivity contribution is -0.130. The van der Waals surface area contributed by atoms with Crippen LogP contribution in [0.2, 0.25) is 0 Å². The number of imide groups is 1. The number of nitrogens with one attached hydrogen (secondary N) is 1. The number of nitrogens with zero attached hydrogens (tertiary/aromatic N) is 2. The summed E-state index contributed by atoms with van der Waals surface area (Å²) in [5, 5.41) is 2.69. The third-order valence-electron chi connectivity index (χ3n) is 4.17. The van der Waals surface area contributed by atoms with Gasteiger partial charge in [-0.25, -0.2) is 4.79 Å². The first-order valence-electron chi connectivity index (χ1n) is 8.13. The van der Waals surface area contributed by atoms with Crippen LogP contribution in [0, 0.1) is 6.92 Å². The van der Waals surface area contributed by atoms with E-state index in [0.717, 1.165) is 14.9 Å². The summed E-state index contributed by atoms with van der Waals surface area (Å²) in [5.74, 6) is -0.817. The molecule has 2 aromatic carbocycles. The third-order valence-corrected chi connectivity index (χ3v) is 4.66. The second-order valence-corrected chi connectivity index (χ2v) is 7.06. The molecule has 1 aliphatic rings. The van der Waals surface area contributed by atoms with E-state index in [1.165, 1.54) is 4.90 Å². The molecule has 1 unspecified atom stereocenters. The lowest BCUT2D eigenvalue weighted by Gasteiger charge is -2.19. The molecule has 1 saturated heterocycles. The van der Waals surface area contributed by atoms with E-state index in [4.69, 9.17) is 0 Å². The number of carbonyl (C=O) groups is 3. The first-order chi connectivity index (χ1) is 12.4. The molecular weight excluding hydrogens is 398 g/mol. The van der Waals surface area contributed by atoms with Gasteiger partial charge >= 0.3 is 6.03 Å². The predicted octanol–water partition coefficient (Wildman–Crippen LogP) is 3.55. The maximum Gasteiger partial charge on any atom is 0.332 e. The quantitative estimate of drug-likeness (QED) is 0.776. The zero-order chi connectivity index (χ0) is 18.8. The fraction of sp³-hybridized carbons (Fsp3) is 0.211. The van der Waals surface area contributed by atoms with E-state index in [2.05, 4.69) is 21.2 Å². The number of urea groups is 1. The summed E-state index contributed by atoms with van der Waals surface area (Å²) in [4.78, 5) is 39.9. The van der Waals surface area contributed by atoms with Crippen molar-refractivity contribution in [3.8, 4) is 0 Å². The van der Waals surface area contributed by atoms with Crippen LogP contribution in [-0.2, 0) is 9.59 Å². The zero-order valence-electron chi connectivity index (χ0n) is 14.4. The van der Waals surface area contributed by atoms with E-state index in [1.54, 1.807) is 37.3 Å². The SMILES string of the molecule is Cc1ccc(N2C(=O)N(CC(=O)Nc3cccc(Br)c3)C(=O)C2C)cc1. The smallest absolute Gasteiger partial charge is 0.324 e. The molecule has 1 fully saturated rings. The van der Waals surface area contributed by atoms with Crippen molar-refractivity contribution >= 4 is 45.2 Å². The molecule has 0 saturated carbocycles. The van der Waals surface area contributed by atoms with Gasteiger partial charge in [0.05, 0.1) is 0 Å². The van der Waals surface area contributed by atoms with Crippen LogP contribution in [0.25, 0.3) is 0 Å². The van der Waals surface area contributed by atoms with Gasteiger partial charge in [0.1, 0.15) is 12.6 Å². The summed E-state index contributed by atoms with van der Waals surface area (Å²) >= 11 is 3.33. The van der Waals surface area contributed by atoms with Crippen molar-refractivity contribution in [1.29, 1.82) is 0 Å². The molecule has 0 spiro atoms. The van der Waals surface area contributed by atoms with E-state index in [0.29, 0.717) is 11.4 Å². The van der Waals surface area contributed by atoms with E-state index in [-0.39, 0.29) is 12.5 Å². The number of carbonyl (C=O) groups excluding carboxylic acids is 3. The van der Waals surface area contributed by atoms with Gasteiger partial charge in [0.2, 0.25) is 5.91 Å². The van der Waals surface area contributed by atoms with E-state index < -0.39 is 18.0 Å². The molecular formula is C19H18BrN3O3. The minimum atomic E-state index is -0.649. The average molecular weight is 416 g/mol. The fourth-order valence-corrected chi connectivity index (χ4v) is 3.22. The predicted molar refractivity (Wildman–Crippen MR) is 103 cm³/mol. The number of rotatable bonds is 4. The molecule has 1 aliphatic heterocycles. The maximum atomic E-state index is 12.7. The highest BCUT2D eigenvalue weighted by molar-refractivity contribution is 9.10. The van der Waals surface area contributed by atoms with Gasteiger partial charge in [-0.3, -0.25) is 19.4 Å². The molecule has 4 amide bonds. The molecule has 0 aliphatic carbocycles. The monoisotopic (exact) mass is 415 g/mol. The van der Waals surface area contributed by atoms with Gasteiger partial charge in [-0.1, -0.05) is 39.7 Å². The Balaban J connectivity index is 1.74. The van der Waals surface area contributed by atoms with Crippen molar-refractivity contribution < 1.29 is 14.4 Å². The van der Waals surface area contributed by atoms with Crippen molar-refractivity contribution in [3.05, 3.63) is 58.6 Å². The number of amides is 4. The first kappa shape index (κ1) is 18.1. The van der Waals surface area contributed by atoms with Crippen molar-refractivity contribution in [1.82, 2.24) is 4.90 Å². The van der Waals surface area contributed by atoms with Crippen LogP contribution in [0.15, 0.2) is 53.0 Å². The Labute approximate surface area is 159 Å². The van der Waals surface area contributed by atoms with Gasteiger partial charge < -0.3 is 5.32 Å². The molecule has 1 N–H and O–H groups in total. The van der Waals surface area contributed by atoms with Crippen molar-refractivity contribution in [2.24, 2.45) is 0 Å². The summed E-state index contributed by atoms with van der Waals surface area (Å²) in [6.45, 7) is 3.28. The topological polar surface area (TPSA) is 69.7 Å². The van der Waals surface area contributed by atoms with Crippen LogP contribution in [-0.4, -0.2) is 35.3 Å². The van der Waals surface area contributed by atoms with Gasteiger partial charge in [-0.05, 0) is 44.2 Å². The highest BCUT2D eigenvalue weighted by Gasteiger charge is 2.43. The van der Waals surface area contributed by atoms with Gasteiger partial charge in [0.15, 0.2) is 0 Å². The third kappa shape index (κ3) is 3.62. The lowest BCUT2D eigenvalue weighted by Crippen LogP contribution is -2.39. The first-order valence-corrected chi connectivity index (χ1v) is 8.93. The molecule has 134 valence electrons. The van der Waals surface area contributed by atoms with Crippen LogP contribution < -0.4 is 10.2 Å². The molecule has 0 bridgehead atoms. The summed E-state index contributed by atoms with van der Waals surface area (Å²) in [5.41, 5.74) is 2.29. The van der Waals surface area contributed by atoms with Crippen LogP contribution in [0.1, 0.15) is 12.5 Å². The summed E-state index contributed by atoms with van der Waals surface area (Å²) in [7, 11) is 0. The molecule has 7 heteroatoms. The molecule has 2 aromatic rings. The maximum absolute atomic E-state index is 12.7. The molecule has 1 heterocycles. The van der Waals surface area contributed by atoms with Crippen LogP contribution in [0.3, 0.4) is 0 Å². The number of anilines is 2. The Hall–Kier alpha value is -2.67. The normalized spacial score (nSPS) is 17.0. The summed E-state index contributed by atoms with van der Waals surface area (Å²) in [6, 6.07) is 13.3. The largest absolute Gasteiger partial charge is 0.332 e. The zero-order valence-corrected chi connectivity index (χ0v) is 16.0. The Kier molecular flexibility index (Phi) is 5.08. The van der Waals surface area contributed by atoms with E-state index in [9.17, 15) is 14.4 Å². The minimum Gasteiger partial charge on any atom is -0.324 e. The van der Waals surface area contributed by atoms with Gasteiger partial charge in [-0.2, -0.15) is 0 Å². The standard InChI is InChI=1S/C19H18BrN3O3/c1-12-6-8-16(9-7-12)23-13(2)18(25)22(19(23)26)11-17(24)21-15-5-3-4-14(20)10-15/h3-10,13H,11H2,1-2H3,(H,21,24). The average Bonchev–Trinajstić information content (AvgIpc) is 2.80. The van der Waals surface area contributed by atoms with Crippen LogP contribution in [0.4, 0.5) is 16.2 Å². The second-order valence-electron chi connectivity index (χ2n) is 6.15. The number of hydrogen-bond acceptors (Lipinski definition) is 3. The Morgan fingerprint density at radius 2 is 1.85 bits per heavy atom. The number of benzene rings is 2. The van der Waals surface area contributed by atoms with Crippen molar-refractivity contribution in [3.63, 3.8) is 0 Å². The Bertz CT molecular complexity index is 867. The Morgan fingerprint density at radius 3 is 2.50 bits per heavy atom. The van der Waals surface area contributed by atoms with E-state index in [1.807, 2.05) is 25.1 Å². The van der Waals surface area contributed by atoms with Crippen molar-refractivity contribution in [2.75, 3.05) is 16.8 Å². The highest BCUT2D eigenvalue weighted by atomic mass is 79.9. The molecule has 6 nitrogen and oxygen atoms in total. The number of halogens is 1. The Morgan fingerprint density at radius 1 is 1.15 bits per heavy atom. The molecule has 3 rings (SSSR count). The summed E-state index contributed by atoms with van der Waals surface area (Å²) < 4.78 is 0.822. The van der Waals surface area contributed by atoms with Gasteiger partial charge in [0.25, 0.3) is 5.91 Å². The number of hydrogen-bond donors (Lipinski definition) is 1. The fourth-order valence-electron chi connectivity index (χ4n) is 2.82. The van der Waals surface area contributed by atoms with Crippen LogP contribution >= 0.6 is 15.9 Å². The van der Waals surface area contributed by atoms with Crippen molar-refractivity contribution in [2.45, 2.75) is 19.9 Å². The number of aryl methyl sites for hydroxylation is 1. The van der Waals surface area contributed by atoms with Gasteiger partial charge in [0, 0.05) is 15.8 Å². The minimum absolute atomic E-state index is 0.323. The lowest BCUT2D eigenvalue weighted by atomic mass is 10.2. The highest BCUT2D eigenvalue weighted by Crippen LogP contribution is 2.26. The molecule has 0 aromatic heterocycles. The van der Waals surface area contributed by atoms with Crippen LogP contribution in [0.5, 0.6) is 0 Å². The molecule has 26 heavy (non-hydrogen) atoms. The van der Waals surface area contributed by atoms with Gasteiger partial charge in [-0.15, -0.1) is 0 Å². The molecule has 1 atom stereocenters. The second kappa shape index (κ2) is 7.29. The summed E-state index contributed by atoms with van der Waals surface area (Å²) in [6.07, 6.45) is 0.